The molecule has 2 heterocycles. The lowest BCUT2D eigenvalue weighted by Crippen LogP contribution is -2.44. The molecule has 0 bridgehead atoms. The first kappa shape index (κ1) is 14.7. The van der Waals surface area contributed by atoms with Crippen LogP contribution in [0.15, 0.2) is 24.8 Å². The molecule has 112 valence electrons. The fraction of sp³-hybridized carbons (Fsp3) is 0.615. The zero-order valence-corrected chi connectivity index (χ0v) is 12.7. The first-order valence-corrected chi connectivity index (χ1v) is 6.58. The predicted molar refractivity (Wildman–Crippen MR) is 73.2 cm³/mol. The molecule has 0 saturated heterocycles. The van der Waals surface area contributed by atoms with Crippen molar-refractivity contribution in [2.24, 2.45) is 0 Å². The Hall–Kier alpha value is -1.73. The Morgan fingerprint density at radius 3 is 1.70 bits per heavy atom. The Morgan fingerprint density at radius 1 is 1.00 bits per heavy atom. The van der Waals surface area contributed by atoms with E-state index in [1.54, 1.807) is 0 Å². The second kappa shape index (κ2) is 5.34. The van der Waals surface area contributed by atoms with Crippen LogP contribution in [0.1, 0.15) is 0 Å². The average Bonchev–Trinajstić information content (AvgIpc) is 2.89. The minimum Gasteiger partial charge on any atom is -0.383 e. The van der Waals surface area contributed by atoms with E-state index in [4.69, 9.17) is 9.47 Å². The third-order valence-electron chi connectivity index (χ3n) is 3.41. The van der Waals surface area contributed by atoms with Crippen LogP contribution in [0, 0.1) is 0 Å². The van der Waals surface area contributed by atoms with Crippen LogP contribution in [0.3, 0.4) is 0 Å². The second-order valence-corrected chi connectivity index (χ2v) is 6.15. The van der Waals surface area contributed by atoms with Crippen LogP contribution in [0.4, 0.5) is 4.79 Å². The van der Waals surface area contributed by atoms with E-state index in [2.05, 4.69) is 0 Å². The topological polar surface area (TPSA) is 42.0 Å². The molecule has 0 saturated carbocycles. The van der Waals surface area contributed by atoms with Gasteiger partial charge in [0.25, 0.3) is 0 Å². The maximum Gasteiger partial charge on any atom is 0.516 e. The lowest BCUT2D eigenvalue weighted by atomic mass is 10.6. The first-order valence-electron chi connectivity index (χ1n) is 6.58. The molecule has 2 aliphatic heterocycles. The highest BCUT2D eigenvalue weighted by Crippen LogP contribution is 2.15. The third-order valence-corrected chi connectivity index (χ3v) is 3.41. The number of rotatable bonds is 4. The van der Waals surface area contributed by atoms with E-state index < -0.39 is 6.16 Å². The highest BCUT2D eigenvalue weighted by Gasteiger charge is 2.30. The highest BCUT2D eigenvalue weighted by molar-refractivity contribution is 5.59. The number of nitrogens with zero attached hydrogens (tertiary/aromatic N) is 4. The molecule has 0 fully saturated rings. The number of hydrogen-bond acceptors (Lipinski definition) is 5. The van der Waals surface area contributed by atoms with E-state index >= 15 is 0 Å². The first-order chi connectivity index (χ1) is 9.30. The average molecular weight is 284 g/mol. The predicted octanol–water partition coefficient (Wildman–Crippen LogP) is 0.696. The van der Waals surface area contributed by atoms with Crippen LogP contribution in [0.2, 0.25) is 0 Å². The minimum absolute atomic E-state index is 0.277. The molecule has 0 radical (unpaired) electrons. The summed E-state index contributed by atoms with van der Waals surface area (Å²) in [5, 5.41) is 0. The summed E-state index contributed by atoms with van der Waals surface area (Å²) in [6.07, 6.45) is 7.34. The molecule has 0 aromatic heterocycles. The Balaban J connectivity index is 1.71. The van der Waals surface area contributed by atoms with Gasteiger partial charge in [0.15, 0.2) is 13.3 Å². The molecule has 0 spiro atoms. The van der Waals surface area contributed by atoms with Gasteiger partial charge in [-0.2, -0.15) is 0 Å². The zero-order valence-electron chi connectivity index (χ0n) is 12.7. The number of carbonyl (C=O) groups excluding carboxylic acids is 1. The number of carbonyl (C=O) groups is 1. The molecule has 7 nitrogen and oxygen atoms in total. The van der Waals surface area contributed by atoms with Crippen molar-refractivity contribution < 1.29 is 23.2 Å². The fourth-order valence-electron chi connectivity index (χ4n) is 2.37. The van der Waals surface area contributed by atoms with Crippen molar-refractivity contribution in [1.29, 1.82) is 0 Å². The maximum atomic E-state index is 11.7. The van der Waals surface area contributed by atoms with E-state index in [1.807, 2.05) is 62.8 Å². The monoisotopic (exact) mass is 284 g/mol. The largest absolute Gasteiger partial charge is 0.516 e. The van der Waals surface area contributed by atoms with Gasteiger partial charge in [-0.25, -0.2) is 13.8 Å². The smallest absolute Gasteiger partial charge is 0.383 e. The van der Waals surface area contributed by atoms with Gasteiger partial charge >= 0.3 is 6.16 Å². The van der Waals surface area contributed by atoms with E-state index in [1.165, 1.54) is 0 Å². The molecule has 7 heteroatoms. The molecule has 0 amide bonds. The molecule has 2 aliphatic rings. The van der Waals surface area contributed by atoms with Gasteiger partial charge in [0.2, 0.25) is 13.5 Å². The van der Waals surface area contributed by atoms with Crippen LogP contribution >= 0.6 is 0 Å². The molecule has 2 unspecified atom stereocenters. The molecule has 2 atom stereocenters. The van der Waals surface area contributed by atoms with E-state index in [0.29, 0.717) is 8.97 Å². The highest BCUT2D eigenvalue weighted by atomic mass is 16.7. The van der Waals surface area contributed by atoms with Crippen LogP contribution < -0.4 is 0 Å². The lowest BCUT2D eigenvalue weighted by molar-refractivity contribution is -0.883. The number of quaternary nitrogens is 2. The SMILES string of the molecule is CN1C=C[N+](C)(COC(=O)OC[N+]2(C)C=CN(C)C2)C1. The van der Waals surface area contributed by atoms with E-state index in [-0.39, 0.29) is 13.5 Å². The van der Waals surface area contributed by atoms with Crippen molar-refractivity contribution in [2.75, 3.05) is 55.0 Å². The zero-order chi connectivity index (χ0) is 14.8. The quantitative estimate of drug-likeness (QED) is 0.561. The molecule has 0 aromatic carbocycles. The summed E-state index contributed by atoms with van der Waals surface area (Å²) in [4.78, 5) is 15.8. The van der Waals surface area contributed by atoms with Crippen molar-refractivity contribution in [2.45, 2.75) is 0 Å². The van der Waals surface area contributed by atoms with Crippen molar-refractivity contribution >= 4 is 6.16 Å². The third kappa shape index (κ3) is 3.64. The Labute approximate surface area is 120 Å². The summed E-state index contributed by atoms with van der Waals surface area (Å²) in [6, 6.07) is 0. The molecular weight excluding hydrogens is 260 g/mol. The van der Waals surface area contributed by atoms with E-state index in [0.717, 1.165) is 13.3 Å². The fourth-order valence-corrected chi connectivity index (χ4v) is 2.37. The maximum absolute atomic E-state index is 11.7. The van der Waals surface area contributed by atoms with Gasteiger partial charge in [-0.3, -0.25) is 0 Å². The Bertz CT molecular complexity index is 401. The molecular formula is C13H24N4O3+2. The van der Waals surface area contributed by atoms with Gasteiger partial charge in [-0.15, -0.1) is 0 Å². The summed E-state index contributed by atoms with van der Waals surface area (Å²) in [5.41, 5.74) is 0. The van der Waals surface area contributed by atoms with Crippen molar-refractivity contribution in [3.05, 3.63) is 24.8 Å². The van der Waals surface area contributed by atoms with Crippen molar-refractivity contribution in [3.63, 3.8) is 0 Å². The molecule has 0 aromatic rings. The minimum atomic E-state index is -0.616. The lowest BCUT2D eigenvalue weighted by Gasteiger charge is -2.28. The van der Waals surface area contributed by atoms with Gasteiger partial charge in [0, 0.05) is 14.1 Å². The summed E-state index contributed by atoms with van der Waals surface area (Å²) in [7, 11) is 7.97. The van der Waals surface area contributed by atoms with Gasteiger partial charge < -0.3 is 19.3 Å². The van der Waals surface area contributed by atoms with Crippen molar-refractivity contribution in [3.8, 4) is 0 Å². The number of ether oxygens (including phenoxy) is 2. The van der Waals surface area contributed by atoms with Crippen LogP contribution in [-0.2, 0) is 9.47 Å². The Morgan fingerprint density at radius 2 is 1.40 bits per heavy atom. The van der Waals surface area contributed by atoms with Gasteiger partial charge in [0.05, 0.1) is 26.5 Å². The number of hydrogen-bond donors (Lipinski definition) is 0. The standard InChI is InChI=1S/C13H24N4O3/c1-14-5-7-16(3,9-14)11-19-13(18)20-12-17(4)8-6-15(2)10-17/h5-8H,9-12H2,1-4H3/q+2. The Kier molecular flexibility index (Phi) is 3.92. The summed E-state index contributed by atoms with van der Waals surface area (Å²) in [6.45, 7) is 2.13. The molecule has 0 aliphatic carbocycles. The second-order valence-electron chi connectivity index (χ2n) is 6.15. The molecule has 0 N–H and O–H groups in total. The summed E-state index contributed by atoms with van der Waals surface area (Å²) in [5.74, 6) is 0. The molecule has 20 heavy (non-hydrogen) atoms. The van der Waals surface area contributed by atoms with Crippen LogP contribution in [0.5, 0.6) is 0 Å². The van der Waals surface area contributed by atoms with Crippen LogP contribution in [-0.4, -0.2) is 79.9 Å². The van der Waals surface area contributed by atoms with Gasteiger partial charge in [-0.05, 0) is 0 Å². The van der Waals surface area contributed by atoms with Crippen LogP contribution in [0.25, 0.3) is 0 Å². The molecule has 2 rings (SSSR count). The van der Waals surface area contributed by atoms with E-state index in [9.17, 15) is 4.79 Å². The summed E-state index contributed by atoms with van der Waals surface area (Å²) < 4.78 is 11.5. The summed E-state index contributed by atoms with van der Waals surface area (Å²) >= 11 is 0. The van der Waals surface area contributed by atoms with Gasteiger partial charge in [-0.1, -0.05) is 0 Å². The normalized spacial score (nSPS) is 32.0. The van der Waals surface area contributed by atoms with Gasteiger partial charge in [0.1, 0.15) is 12.4 Å². The van der Waals surface area contributed by atoms with Crippen molar-refractivity contribution in [1.82, 2.24) is 9.80 Å².